The molecule has 3 atom stereocenters. The van der Waals surface area contributed by atoms with Gasteiger partial charge in [0.15, 0.2) is 0 Å². The Bertz CT molecular complexity index is 338. The van der Waals surface area contributed by atoms with Crippen LogP contribution in [0, 0.1) is 5.92 Å². The zero-order valence-corrected chi connectivity index (χ0v) is 11.2. The number of rotatable bonds is 2. The van der Waals surface area contributed by atoms with Gasteiger partial charge in [-0.25, -0.2) is 0 Å². The molecule has 0 N–H and O–H groups in total. The quantitative estimate of drug-likeness (QED) is 0.704. The number of carbonyl (C=O) groups excluding carboxylic acids is 1. The van der Waals surface area contributed by atoms with E-state index in [1.807, 2.05) is 0 Å². The van der Waals surface area contributed by atoms with Crippen molar-refractivity contribution in [2.24, 2.45) is 5.92 Å². The van der Waals surface area contributed by atoms with Gasteiger partial charge >= 0.3 is 0 Å². The van der Waals surface area contributed by atoms with Crippen LogP contribution in [0.3, 0.4) is 0 Å². The van der Waals surface area contributed by atoms with Gasteiger partial charge < -0.3 is 9.64 Å². The van der Waals surface area contributed by atoms with Gasteiger partial charge in [-0.05, 0) is 44.9 Å². The van der Waals surface area contributed by atoms with Crippen molar-refractivity contribution in [2.45, 2.75) is 63.1 Å². The SMILES string of the molecule is COC1CC2CCC(C1)N2C(=O)C1CC=CCC1. The van der Waals surface area contributed by atoms with Crippen molar-refractivity contribution in [3.05, 3.63) is 12.2 Å². The predicted octanol–water partition coefficient (Wildman–Crippen LogP) is 2.51. The van der Waals surface area contributed by atoms with Gasteiger partial charge in [-0.1, -0.05) is 12.2 Å². The number of allylic oxidation sites excluding steroid dienone is 2. The smallest absolute Gasteiger partial charge is 0.226 e. The predicted molar refractivity (Wildman–Crippen MR) is 70.2 cm³/mol. The average molecular weight is 249 g/mol. The highest BCUT2D eigenvalue weighted by Crippen LogP contribution is 2.38. The third-order valence-electron chi connectivity index (χ3n) is 4.90. The Labute approximate surface area is 109 Å². The Morgan fingerprint density at radius 2 is 1.89 bits per heavy atom. The lowest BCUT2D eigenvalue weighted by atomic mass is 9.90. The minimum Gasteiger partial charge on any atom is -0.381 e. The molecule has 0 spiro atoms. The van der Waals surface area contributed by atoms with E-state index in [1.54, 1.807) is 7.11 Å². The van der Waals surface area contributed by atoms with E-state index in [0.29, 0.717) is 24.1 Å². The topological polar surface area (TPSA) is 29.5 Å². The maximum Gasteiger partial charge on any atom is 0.226 e. The first kappa shape index (κ1) is 12.2. The van der Waals surface area contributed by atoms with Crippen LogP contribution < -0.4 is 0 Å². The summed E-state index contributed by atoms with van der Waals surface area (Å²) in [5, 5.41) is 0. The maximum absolute atomic E-state index is 12.7. The number of carbonyl (C=O) groups is 1. The first-order valence-corrected chi connectivity index (χ1v) is 7.29. The number of hydrogen-bond acceptors (Lipinski definition) is 2. The molecule has 3 heteroatoms. The lowest BCUT2D eigenvalue weighted by molar-refractivity contribution is -0.142. The van der Waals surface area contributed by atoms with Gasteiger partial charge in [0.25, 0.3) is 0 Å². The number of ether oxygens (including phenoxy) is 1. The van der Waals surface area contributed by atoms with E-state index in [-0.39, 0.29) is 5.92 Å². The minimum atomic E-state index is 0.247. The van der Waals surface area contributed by atoms with E-state index in [2.05, 4.69) is 17.1 Å². The summed E-state index contributed by atoms with van der Waals surface area (Å²) in [7, 11) is 1.80. The molecule has 3 aliphatic rings. The van der Waals surface area contributed by atoms with Gasteiger partial charge in [0.2, 0.25) is 5.91 Å². The Morgan fingerprint density at radius 1 is 1.17 bits per heavy atom. The molecule has 3 rings (SSSR count). The number of hydrogen-bond donors (Lipinski definition) is 0. The molecule has 0 aromatic rings. The van der Waals surface area contributed by atoms with E-state index in [1.165, 1.54) is 12.8 Å². The molecule has 18 heavy (non-hydrogen) atoms. The third-order valence-corrected chi connectivity index (χ3v) is 4.90. The van der Waals surface area contributed by atoms with E-state index in [4.69, 9.17) is 4.74 Å². The standard InChI is InChI=1S/C15H23NO2/c1-18-14-9-12-7-8-13(10-14)16(12)15(17)11-5-3-2-4-6-11/h2-3,11-14H,4-10H2,1H3. The molecule has 2 fully saturated rings. The van der Waals surface area contributed by atoms with E-state index in [9.17, 15) is 4.79 Å². The monoisotopic (exact) mass is 249 g/mol. The molecule has 0 aromatic heterocycles. The van der Waals surface area contributed by atoms with Crippen molar-refractivity contribution in [1.29, 1.82) is 0 Å². The number of fused-ring (bicyclic) bond motifs is 2. The second-order valence-electron chi connectivity index (χ2n) is 5.94. The molecule has 0 radical (unpaired) electrons. The highest BCUT2D eigenvalue weighted by Gasteiger charge is 2.44. The highest BCUT2D eigenvalue weighted by molar-refractivity contribution is 5.80. The van der Waals surface area contributed by atoms with Crippen LogP contribution in [0.2, 0.25) is 0 Å². The number of amides is 1. The summed E-state index contributed by atoms with van der Waals surface area (Å²) in [6, 6.07) is 0.902. The summed E-state index contributed by atoms with van der Waals surface area (Å²) in [6.45, 7) is 0. The maximum atomic E-state index is 12.7. The normalized spacial score (nSPS) is 39.1. The number of nitrogens with zero attached hydrogens (tertiary/aromatic N) is 1. The molecule has 100 valence electrons. The molecule has 2 saturated heterocycles. The van der Waals surface area contributed by atoms with Crippen LogP contribution in [0.15, 0.2) is 12.2 Å². The second kappa shape index (κ2) is 5.04. The first-order valence-electron chi connectivity index (χ1n) is 7.29. The van der Waals surface area contributed by atoms with E-state index in [0.717, 1.165) is 32.1 Å². The van der Waals surface area contributed by atoms with Crippen LogP contribution in [0.1, 0.15) is 44.9 Å². The summed E-state index contributed by atoms with van der Waals surface area (Å²) in [4.78, 5) is 14.9. The van der Waals surface area contributed by atoms with Gasteiger partial charge in [-0.2, -0.15) is 0 Å². The average Bonchev–Trinajstić information content (AvgIpc) is 2.69. The molecule has 3 nitrogen and oxygen atoms in total. The zero-order valence-electron chi connectivity index (χ0n) is 11.2. The molecule has 1 amide bonds. The van der Waals surface area contributed by atoms with Crippen molar-refractivity contribution < 1.29 is 9.53 Å². The van der Waals surface area contributed by atoms with Gasteiger partial charge in [-0.3, -0.25) is 4.79 Å². The fourth-order valence-corrected chi connectivity index (χ4v) is 3.91. The number of methoxy groups -OCH3 is 1. The van der Waals surface area contributed by atoms with Crippen LogP contribution in [-0.4, -0.2) is 36.1 Å². The first-order chi connectivity index (χ1) is 8.79. The Hall–Kier alpha value is -0.830. The van der Waals surface area contributed by atoms with Crippen molar-refractivity contribution in [3.8, 4) is 0 Å². The largest absolute Gasteiger partial charge is 0.381 e. The van der Waals surface area contributed by atoms with Crippen LogP contribution in [0.25, 0.3) is 0 Å². The fraction of sp³-hybridized carbons (Fsp3) is 0.800. The summed E-state index contributed by atoms with van der Waals surface area (Å²) < 4.78 is 5.50. The van der Waals surface area contributed by atoms with Crippen molar-refractivity contribution in [1.82, 2.24) is 4.90 Å². The minimum absolute atomic E-state index is 0.247. The van der Waals surface area contributed by atoms with E-state index < -0.39 is 0 Å². The van der Waals surface area contributed by atoms with Crippen molar-refractivity contribution in [2.75, 3.05) is 7.11 Å². The zero-order chi connectivity index (χ0) is 12.5. The summed E-state index contributed by atoms with van der Waals surface area (Å²) in [6.07, 6.45) is 12.3. The fourth-order valence-electron chi connectivity index (χ4n) is 3.91. The van der Waals surface area contributed by atoms with Crippen LogP contribution in [-0.2, 0) is 9.53 Å². The molecule has 2 bridgehead atoms. The molecule has 0 saturated carbocycles. The number of piperidine rings is 1. The lowest BCUT2D eigenvalue weighted by Crippen LogP contribution is -2.50. The van der Waals surface area contributed by atoms with E-state index >= 15 is 0 Å². The molecule has 1 aliphatic carbocycles. The van der Waals surface area contributed by atoms with Crippen molar-refractivity contribution in [3.63, 3.8) is 0 Å². The van der Waals surface area contributed by atoms with Crippen LogP contribution in [0.4, 0.5) is 0 Å². The Balaban J connectivity index is 1.69. The van der Waals surface area contributed by atoms with Crippen LogP contribution >= 0.6 is 0 Å². The highest BCUT2D eigenvalue weighted by atomic mass is 16.5. The Kier molecular flexibility index (Phi) is 3.42. The van der Waals surface area contributed by atoms with Gasteiger partial charge in [0.1, 0.15) is 0 Å². The van der Waals surface area contributed by atoms with Gasteiger partial charge in [0.05, 0.1) is 6.10 Å². The molecule has 3 unspecified atom stereocenters. The van der Waals surface area contributed by atoms with Gasteiger partial charge in [-0.15, -0.1) is 0 Å². The Morgan fingerprint density at radius 3 is 2.44 bits per heavy atom. The second-order valence-corrected chi connectivity index (χ2v) is 5.94. The van der Waals surface area contributed by atoms with Crippen LogP contribution in [0.5, 0.6) is 0 Å². The summed E-state index contributed by atoms with van der Waals surface area (Å²) in [5.41, 5.74) is 0. The molecular weight excluding hydrogens is 226 g/mol. The summed E-state index contributed by atoms with van der Waals surface area (Å²) >= 11 is 0. The van der Waals surface area contributed by atoms with Crippen molar-refractivity contribution >= 4 is 5.91 Å². The lowest BCUT2D eigenvalue weighted by Gasteiger charge is -2.40. The molecular formula is C15H23NO2. The molecule has 2 aliphatic heterocycles. The molecule has 2 heterocycles. The van der Waals surface area contributed by atoms with Gasteiger partial charge in [0, 0.05) is 25.1 Å². The summed E-state index contributed by atoms with van der Waals surface area (Å²) in [5.74, 6) is 0.665. The molecule has 0 aromatic carbocycles. The third kappa shape index (κ3) is 2.09.